The zero-order valence-corrected chi connectivity index (χ0v) is 18.9. The molecule has 0 saturated carbocycles. The Bertz CT molecular complexity index is 1330. The summed E-state index contributed by atoms with van der Waals surface area (Å²) in [5.41, 5.74) is 1.10. The maximum absolute atomic E-state index is 11.8. The Balaban J connectivity index is 1.72. The number of anilines is 1. The van der Waals surface area contributed by atoms with Crippen molar-refractivity contribution in [3.8, 4) is 5.82 Å². The van der Waals surface area contributed by atoms with Crippen LogP contribution in [0.1, 0.15) is 0 Å². The number of nitrogens with one attached hydrogen (secondary N) is 1. The second-order valence-electron chi connectivity index (χ2n) is 6.59. The lowest BCUT2D eigenvalue weighted by Gasteiger charge is -2.24. The number of aromatic nitrogens is 3. The van der Waals surface area contributed by atoms with Gasteiger partial charge < -0.3 is 9.79 Å². The van der Waals surface area contributed by atoms with Crippen LogP contribution in [0.25, 0.3) is 16.7 Å². The first-order valence-electron chi connectivity index (χ1n) is 8.81. The zero-order chi connectivity index (χ0) is 22.2. The van der Waals surface area contributed by atoms with Crippen LogP contribution in [0.5, 0.6) is 0 Å². The van der Waals surface area contributed by atoms with E-state index in [0.29, 0.717) is 26.4 Å². The number of rotatable bonds is 6. The minimum atomic E-state index is -4.37. The maximum atomic E-state index is 11.8. The molecule has 4 rings (SSSR count). The molecule has 0 unspecified atom stereocenters. The molecule has 31 heavy (non-hydrogen) atoms. The molecule has 0 aliphatic carbocycles. The van der Waals surface area contributed by atoms with E-state index < -0.39 is 13.9 Å². The summed E-state index contributed by atoms with van der Waals surface area (Å²) < 4.78 is 15.1. The van der Waals surface area contributed by atoms with Crippen molar-refractivity contribution in [1.82, 2.24) is 14.8 Å². The van der Waals surface area contributed by atoms with Crippen LogP contribution in [0, 0.1) is 0 Å². The predicted molar refractivity (Wildman–Crippen MR) is 123 cm³/mol. The van der Waals surface area contributed by atoms with Gasteiger partial charge in [-0.3, -0.25) is 18.2 Å². The van der Waals surface area contributed by atoms with E-state index in [1.807, 2.05) is 18.2 Å². The third-order valence-corrected chi connectivity index (χ3v) is 6.52. The maximum Gasteiger partial charge on any atom is 0.345 e. The second-order valence-corrected chi connectivity index (χ2v) is 10.2. The Labute approximate surface area is 190 Å². The average molecular weight is 497 g/mol. The number of aromatic amines is 1. The Hall–Kier alpha value is -2.26. The normalized spacial score (nSPS) is 11.7. The highest BCUT2D eigenvalue weighted by atomic mass is 35.5. The second kappa shape index (κ2) is 8.70. The Kier molecular flexibility index (Phi) is 6.16. The summed E-state index contributed by atoms with van der Waals surface area (Å²) >= 11 is 13.2. The van der Waals surface area contributed by atoms with Crippen molar-refractivity contribution in [1.29, 1.82) is 0 Å². The van der Waals surface area contributed by atoms with Gasteiger partial charge in [-0.15, -0.1) is 0 Å². The summed E-state index contributed by atoms with van der Waals surface area (Å²) in [5.74, 6) is 0.539. The van der Waals surface area contributed by atoms with Crippen LogP contribution in [0.15, 0.2) is 70.5 Å². The molecule has 0 amide bonds. The summed E-state index contributed by atoms with van der Waals surface area (Å²) in [4.78, 5) is 31.1. The first kappa shape index (κ1) is 22.0. The molecule has 0 aliphatic rings. The molecule has 12 heteroatoms. The van der Waals surface area contributed by atoms with Gasteiger partial charge in [-0.25, -0.2) is 5.10 Å². The van der Waals surface area contributed by atoms with Gasteiger partial charge >= 0.3 is 7.60 Å². The van der Waals surface area contributed by atoms with Gasteiger partial charge in [0.25, 0.3) is 5.56 Å². The SMILES string of the molecule is O=c1ccc(-n2ccc3cc(N(CP(=O)(O)O)Sc4cc(Cl)cc(Cl)c4)ccc32)n[nH]1. The van der Waals surface area contributed by atoms with E-state index in [-0.39, 0.29) is 5.56 Å². The summed E-state index contributed by atoms with van der Waals surface area (Å²) in [7, 11) is -4.37. The molecule has 2 aromatic carbocycles. The molecular weight excluding hydrogens is 482 g/mol. The van der Waals surface area contributed by atoms with Crippen molar-refractivity contribution in [2.75, 3.05) is 10.6 Å². The molecule has 0 aliphatic heterocycles. The van der Waals surface area contributed by atoms with E-state index in [4.69, 9.17) is 23.2 Å². The fourth-order valence-corrected chi connectivity index (χ4v) is 5.66. The van der Waals surface area contributed by atoms with Gasteiger partial charge in [0, 0.05) is 38.3 Å². The molecule has 0 atom stereocenters. The van der Waals surface area contributed by atoms with E-state index in [1.165, 1.54) is 10.4 Å². The molecule has 160 valence electrons. The zero-order valence-electron chi connectivity index (χ0n) is 15.6. The van der Waals surface area contributed by atoms with E-state index >= 15 is 0 Å². The number of nitrogens with zero attached hydrogens (tertiary/aromatic N) is 3. The fraction of sp³-hybridized carbons (Fsp3) is 0.0526. The van der Waals surface area contributed by atoms with Crippen LogP contribution in [0.2, 0.25) is 10.0 Å². The van der Waals surface area contributed by atoms with Crippen LogP contribution in [0.3, 0.4) is 0 Å². The van der Waals surface area contributed by atoms with Crippen LogP contribution >= 0.6 is 42.7 Å². The standard InChI is InChI=1S/C19H15Cl2N4O4PS/c20-13-8-14(21)10-16(9-13)31-25(11-30(27,28)29)15-1-2-17-12(7-15)5-6-24(17)18-3-4-19(26)23-22-18/h1-10H,11H2,(H,23,26)(H2,27,28,29). The fourth-order valence-electron chi connectivity index (χ4n) is 3.00. The minimum absolute atomic E-state index is 0.297. The number of hydrogen-bond acceptors (Lipinski definition) is 5. The molecule has 2 heterocycles. The number of benzene rings is 2. The lowest BCUT2D eigenvalue weighted by Crippen LogP contribution is -2.16. The Morgan fingerprint density at radius 1 is 1.06 bits per heavy atom. The number of halogens is 2. The van der Waals surface area contributed by atoms with Crippen LogP contribution < -0.4 is 9.86 Å². The Morgan fingerprint density at radius 2 is 1.81 bits per heavy atom. The molecule has 8 nitrogen and oxygen atoms in total. The molecule has 0 saturated heterocycles. The van der Waals surface area contributed by atoms with E-state index in [0.717, 1.165) is 22.9 Å². The summed E-state index contributed by atoms with van der Waals surface area (Å²) in [6.45, 7) is 0. The topological polar surface area (TPSA) is 111 Å². The van der Waals surface area contributed by atoms with Crippen molar-refractivity contribution in [3.63, 3.8) is 0 Å². The van der Waals surface area contributed by atoms with Gasteiger partial charge in [0.1, 0.15) is 6.29 Å². The van der Waals surface area contributed by atoms with E-state index in [9.17, 15) is 19.1 Å². The van der Waals surface area contributed by atoms with Crippen LogP contribution in [-0.4, -0.2) is 30.8 Å². The van der Waals surface area contributed by atoms with E-state index in [2.05, 4.69) is 10.2 Å². The summed E-state index contributed by atoms with van der Waals surface area (Å²) in [6.07, 6.45) is 1.29. The van der Waals surface area contributed by atoms with Crippen LogP contribution in [-0.2, 0) is 4.57 Å². The molecule has 0 bridgehead atoms. The van der Waals surface area contributed by atoms with Gasteiger partial charge in [-0.05, 0) is 60.5 Å². The highest BCUT2D eigenvalue weighted by Crippen LogP contribution is 2.42. The smallest absolute Gasteiger partial charge is 0.323 e. The molecule has 2 aromatic heterocycles. The number of hydrogen-bond donors (Lipinski definition) is 3. The van der Waals surface area contributed by atoms with Crippen molar-refractivity contribution >= 4 is 59.3 Å². The summed E-state index contributed by atoms with van der Waals surface area (Å²) in [5, 5.41) is 8.10. The largest absolute Gasteiger partial charge is 0.345 e. The van der Waals surface area contributed by atoms with E-state index in [1.54, 1.807) is 41.1 Å². The van der Waals surface area contributed by atoms with Gasteiger partial charge in [-0.2, -0.15) is 5.10 Å². The van der Waals surface area contributed by atoms with Crippen molar-refractivity contribution in [3.05, 3.63) is 81.2 Å². The average Bonchev–Trinajstić information content (AvgIpc) is 3.09. The number of H-pyrrole nitrogens is 1. The highest BCUT2D eigenvalue weighted by Gasteiger charge is 2.22. The lowest BCUT2D eigenvalue weighted by molar-refractivity contribution is 0.374. The monoisotopic (exact) mass is 496 g/mol. The lowest BCUT2D eigenvalue weighted by atomic mass is 10.2. The first-order chi connectivity index (χ1) is 14.7. The van der Waals surface area contributed by atoms with Gasteiger partial charge in [-0.1, -0.05) is 23.2 Å². The predicted octanol–water partition coefficient (Wildman–Crippen LogP) is 4.67. The third-order valence-electron chi connectivity index (χ3n) is 4.24. The molecule has 4 aromatic rings. The molecule has 0 fully saturated rings. The molecular formula is C19H15Cl2N4O4PS. The van der Waals surface area contributed by atoms with Gasteiger partial charge in [0.05, 0.1) is 5.52 Å². The first-order valence-corrected chi connectivity index (χ1v) is 12.1. The van der Waals surface area contributed by atoms with Crippen molar-refractivity contribution < 1.29 is 14.4 Å². The van der Waals surface area contributed by atoms with Gasteiger partial charge in [0.15, 0.2) is 5.82 Å². The Morgan fingerprint density at radius 3 is 2.45 bits per heavy atom. The molecule has 3 N–H and O–H groups in total. The van der Waals surface area contributed by atoms with Gasteiger partial charge in [0.2, 0.25) is 0 Å². The molecule has 0 spiro atoms. The highest BCUT2D eigenvalue weighted by molar-refractivity contribution is 8.01. The van der Waals surface area contributed by atoms with Crippen molar-refractivity contribution in [2.45, 2.75) is 4.90 Å². The van der Waals surface area contributed by atoms with Crippen LogP contribution in [0.4, 0.5) is 5.69 Å². The molecule has 0 radical (unpaired) electrons. The number of fused-ring (bicyclic) bond motifs is 1. The third kappa shape index (κ3) is 5.33. The quantitative estimate of drug-likeness (QED) is 0.262. The van der Waals surface area contributed by atoms with Crippen molar-refractivity contribution in [2.24, 2.45) is 0 Å². The summed E-state index contributed by atoms with van der Waals surface area (Å²) in [6, 6.07) is 15.1. The minimum Gasteiger partial charge on any atom is -0.323 e.